The third-order valence-electron chi connectivity index (χ3n) is 3.44. The number of amides is 1. The maximum absolute atomic E-state index is 12.2. The number of nitrogens with one attached hydrogen (secondary N) is 1. The van der Waals surface area contributed by atoms with Gasteiger partial charge in [0.1, 0.15) is 0 Å². The number of rotatable bonds is 2. The van der Waals surface area contributed by atoms with E-state index in [-0.39, 0.29) is 5.91 Å². The highest BCUT2D eigenvalue weighted by Gasteiger charge is 2.17. The topological polar surface area (TPSA) is 32.3 Å². The van der Waals surface area contributed by atoms with Crippen LogP contribution in [0.25, 0.3) is 0 Å². The number of piperazine rings is 1. The van der Waals surface area contributed by atoms with E-state index in [9.17, 15) is 4.79 Å². The summed E-state index contributed by atoms with van der Waals surface area (Å²) in [6.45, 7) is 7.66. The SMILES string of the molecule is Cc1cccc(C)c1CC(=O)N1CCNCC1. The summed E-state index contributed by atoms with van der Waals surface area (Å²) < 4.78 is 0. The summed E-state index contributed by atoms with van der Waals surface area (Å²) >= 11 is 0. The number of hydrogen-bond acceptors (Lipinski definition) is 2. The first-order chi connectivity index (χ1) is 8.18. The molecule has 1 aliphatic rings. The average molecular weight is 232 g/mol. The Hall–Kier alpha value is -1.35. The van der Waals surface area contributed by atoms with E-state index in [0.29, 0.717) is 6.42 Å². The van der Waals surface area contributed by atoms with Gasteiger partial charge in [-0.25, -0.2) is 0 Å². The van der Waals surface area contributed by atoms with Crippen LogP contribution in [0.15, 0.2) is 18.2 Å². The molecule has 0 unspecified atom stereocenters. The Morgan fingerprint density at radius 3 is 2.41 bits per heavy atom. The molecule has 3 heteroatoms. The van der Waals surface area contributed by atoms with Crippen molar-refractivity contribution in [2.24, 2.45) is 0 Å². The zero-order valence-electron chi connectivity index (χ0n) is 10.6. The van der Waals surface area contributed by atoms with Crippen molar-refractivity contribution in [3.8, 4) is 0 Å². The van der Waals surface area contributed by atoms with Crippen LogP contribution < -0.4 is 5.32 Å². The van der Waals surface area contributed by atoms with E-state index in [4.69, 9.17) is 0 Å². The molecule has 0 spiro atoms. The van der Waals surface area contributed by atoms with Crippen LogP contribution in [-0.4, -0.2) is 37.0 Å². The maximum Gasteiger partial charge on any atom is 0.227 e. The summed E-state index contributed by atoms with van der Waals surface area (Å²) in [5, 5.41) is 3.26. The van der Waals surface area contributed by atoms with Gasteiger partial charge in [0.15, 0.2) is 0 Å². The van der Waals surface area contributed by atoms with E-state index in [1.165, 1.54) is 16.7 Å². The van der Waals surface area contributed by atoms with Gasteiger partial charge in [0, 0.05) is 26.2 Å². The van der Waals surface area contributed by atoms with Gasteiger partial charge in [-0.15, -0.1) is 0 Å². The normalized spacial score (nSPS) is 16.0. The third-order valence-corrected chi connectivity index (χ3v) is 3.44. The molecule has 1 N–H and O–H groups in total. The lowest BCUT2D eigenvalue weighted by Crippen LogP contribution is -2.47. The lowest BCUT2D eigenvalue weighted by molar-refractivity contribution is -0.131. The Balaban J connectivity index is 2.07. The molecule has 1 saturated heterocycles. The Bertz CT molecular complexity index is 388. The first kappa shape index (κ1) is 12.1. The second-order valence-electron chi connectivity index (χ2n) is 4.68. The Kier molecular flexibility index (Phi) is 3.79. The number of aryl methyl sites for hydroxylation is 2. The highest BCUT2D eigenvalue weighted by molar-refractivity contribution is 5.79. The average Bonchev–Trinajstić information content (AvgIpc) is 2.35. The number of carbonyl (C=O) groups excluding carboxylic acids is 1. The van der Waals surface area contributed by atoms with Gasteiger partial charge >= 0.3 is 0 Å². The second kappa shape index (κ2) is 5.32. The minimum atomic E-state index is 0.254. The van der Waals surface area contributed by atoms with E-state index in [1.54, 1.807) is 0 Å². The minimum absolute atomic E-state index is 0.254. The molecular weight excluding hydrogens is 212 g/mol. The fourth-order valence-electron chi connectivity index (χ4n) is 2.31. The van der Waals surface area contributed by atoms with Crippen LogP contribution in [0.4, 0.5) is 0 Å². The van der Waals surface area contributed by atoms with Gasteiger partial charge in [0.05, 0.1) is 6.42 Å². The molecule has 0 saturated carbocycles. The van der Waals surface area contributed by atoms with E-state index < -0.39 is 0 Å². The van der Waals surface area contributed by atoms with Crippen LogP contribution in [0.5, 0.6) is 0 Å². The Morgan fingerprint density at radius 2 is 1.82 bits per heavy atom. The van der Waals surface area contributed by atoms with Crippen molar-refractivity contribution in [3.05, 3.63) is 34.9 Å². The zero-order valence-corrected chi connectivity index (χ0v) is 10.6. The monoisotopic (exact) mass is 232 g/mol. The van der Waals surface area contributed by atoms with Crippen LogP contribution in [0, 0.1) is 13.8 Å². The van der Waals surface area contributed by atoms with Gasteiger partial charge in [0.2, 0.25) is 5.91 Å². The molecule has 0 aliphatic carbocycles. The molecule has 2 rings (SSSR count). The number of carbonyl (C=O) groups is 1. The van der Waals surface area contributed by atoms with Gasteiger partial charge in [0.25, 0.3) is 0 Å². The van der Waals surface area contributed by atoms with E-state index in [0.717, 1.165) is 26.2 Å². The highest BCUT2D eigenvalue weighted by atomic mass is 16.2. The van der Waals surface area contributed by atoms with E-state index in [1.807, 2.05) is 11.0 Å². The summed E-state index contributed by atoms with van der Waals surface area (Å²) in [6, 6.07) is 6.20. The second-order valence-corrected chi connectivity index (χ2v) is 4.68. The molecule has 1 aromatic carbocycles. The van der Waals surface area contributed by atoms with E-state index in [2.05, 4.69) is 31.3 Å². The van der Waals surface area contributed by atoms with Gasteiger partial charge in [-0.2, -0.15) is 0 Å². The van der Waals surface area contributed by atoms with Crippen LogP contribution in [0.2, 0.25) is 0 Å². The largest absolute Gasteiger partial charge is 0.340 e. The third kappa shape index (κ3) is 2.86. The van der Waals surface area contributed by atoms with Crippen LogP contribution in [-0.2, 0) is 11.2 Å². The van der Waals surface area contributed by atoms with Crippen molar-refractivity contribution in [1.82, 2.24) is 10.2 Å². The maximum atomic E-state index is 12.2. The molecule has 17 heavy (non-hydrogen) atoms. The van der Waals surface area contributed by atoms with Crippen LogP contribution >= 0.6 is 0 Å². The lowest BCUT2D eigenvalue weighted by atomic mass is 9.99. The molecule has 0 radical (unpaired) electrons. The summed E-state index contributed by atoms with van der Waals surface area (Å²) in [7, 11) is 0. The number of nitrogens with zero attached hydrogens (tertiary/aromatic N) is 1. The quantitative estimate of drug-likeness (QED) is 0.833. The summed E-state index contributed by atoms with van der Waals surface area (Å²) in [6.07, 6.45) is 0.540. The van der Waals surface area contributed by atoms with Crippen molar-refractivity contribution in [3.63, 3.8) is 0 Å². The lowest BCUT2D eigenvalue weighted by Gasteiger charge is -2.28. The van der Waals surface area contributed by atoms with Crippen molar-refractivity contribution in [2.45, 2.75) is 20.3 Å². The van der Waals surface area contributed by atoms with Crippen LogP contribution in [0.3, 0.4) is 0 Å². The fraction of sp³-hybridized carbons (Fsp3) is 0.500. The molecule has 0 atom stereocenters. The molecule has 1 heterocycles. The highest BCUT2D eigenvalue weighted by Crippen LogP contribution is 2.15. The summed E-state index contributed by atoms with van der Waals surface area (Å²) in [5.74, 6) is 0.254. The Labute approximate surface area is 103 Å². The molecule has 1 amide bonds. The first-order valence-corrected chi connectivity index (χ1v) is 6.22. The molecule has 1 fully saturated rings. The molecule has 0 bridgehead atoms. The smallest absolute Gasteiger partial charge is 0.227 e. The predicted molar refractivity (Wildman–Crippen MR) is 69.1 cm³/mol. The number of hydrogen-bond donors (Lipinski definition) is 1. The van der Waals surface area contributed by atoms with Crippen molar-refractivity contribution >= 4 is 5.91 Å². The fourth-order valence-corrected chi connectivity index (χ4v) is 2.31. The molecular formula is C14H20N2O. The molecule has 3 nitrogen and oxygen atoms in total. The van der Waals surface area contributed by atoms with Crippen molar-refractivity contribution < 1.29 is 4.79 Å². The van der Waals surface area contributed by atoms with Crippen molar-refractivity contribution in [2.75, 3.05) is 26.2 Å². The molecule has 1 aromatic rings. The molecule has 1 aliphatic heterocycles. The Morgan fingerprint density at radius 1 is 1.24 bits per heavy atom. The molecule has 0 aromatic heterocycles. The minimum Gasteiger partial charge on any atom is -0.340 e. The number of benzene rings is 1. The summed E-state index contributed by atoms with van der Waals surface area (Å²) in [5.41, 5.74) is 3.62. The van der Waals surface area contributed by atoms with Gasteiger partial charge in [-0.1, -0.05) is 18.2 Å². The predicted octanol–water partition coefficient (Wildman–Crippen LogP) is 1.28. The van der Waals surface area contributed by atoms with Crippen LogP contribution in [0.1, 0.15) is 16.7 Å². The standard InChI is InChI=1S/C14H20N2O/c1-11-4-3-5-12(2)13(11)10-14(17)16-8-6-15-7-9-16/h3-5,15H,6-10H2,1-2H3. The first-order valence-electron chi connectivity index (χ1n) is 6.22. The zero-order chi connectivity index (χ0) is 12.3. The van der Waals surface area contributed by atoms with Gasteiger partial charge < -0.3 is 10.2 Å². The molecule has 92 valence electrons. The van der Waals surface area contributed by atoms with Gasteiger partial charge in [-0.3, -0.25) is 4.79 Å². The van der Waals surface area contributed by atoms with E-state index >= 15 is 0 Å². The summed E-state index contributed by atoms with van der Waals surface area (Å²) in [4.78, 5) is 14.1. The van der Waals surface area contributed by atoms with Crippen molar-refractivity contribution in [1.29, 1.82) is 0 Å². The van der Waals surface area contributed by atoms with Gasteiger partial charge in [-0.05, 0) is 30.5 Å².